The van der Waals surface area contributed by atoms with Crippen molar-refractivity contribution < 1.29 is 24.6 Å². The van der Waals surface area contributed by atoms with Crippen LogP contribution in [-0.4, -0.2) is 80.6 Å². The molecule has 2 aromatic rings. The van der Waals surface area contributed by atoms with Gasteiger partial charge in [0.25, 0.3) is 18.5 Å². The summed E-state index contributed by atoms with van der Waals surface area (Å²) in [7, 11) is 3.53. The van der Waals surface area contributed by atoms with Gasteiger partial charge in [0.15, 0.2) is 0 Å². The van der Waals surface area contributed by atoms with E-state index >= 15 is 0 Å². The van der Waals surface area contributed by atoms with Gasteiger partial charge in [-0.15, -0.1) is 0 Å². The summed E-state index contributed by atoms with van der Waals surface area (Å²) in [5.41, 5.74) is 3.11. The van der Waals surface area contributed by atoms with Gasteiger partial charge in [-0.05, 0) is 19.4 Å². The molecule has 0 spiro atoms. The van der Waals surface area contributed by atoms with Gasteiger partial charge in [0.1, 0.15) is 11.9 Å². The summed E-state index contributed by atoms with van der Waals surface area (Å²) in [6.45, 7) is 6.13. The first kappa shape index (κ1) is 26.8. The van der Waals surface area contributed by atoms with Gasteiger partial charge >= 0.3 is 0 Å². The van der Waals surface area contributed by atoms with E-state index in [4.69, 9.17) is 24.8 Å². The van der Waals surface area contributed by atoms with Gasteiger partial charge in [-0.3, -0.25) is 28.6 Å². The quantitative estimate of drug-likeness (QED) is 0.557. The number of hydrogen-bond donors (Lipinski definition) is 3. The number of piperidine rings is 1. The number of H-pyrrole nitrogens is 1. The largest absolute Gasteiger partial charge is 0.483 e. The number of rotatable bonds is 4. The molecule has 0 aromatic carbocycles. The lowest BCUT2D eigenvalue weighted by Crippen LogP contribution is -2.53. The van der Waals surface area contributed by atoms with Crippen LogP contribution < -0.4 is 5.56 Å². The molecular weight excluding hydrogens is 442 g/mol. The first-order valence-corrected chi connectivity index (χ1v) is 11.1. The second-order valence-corrected chi connectivity index (χ2v) is 8.54. The minimum Gasteiger partial charge on any atom is -0.483 e. The number of carboxylic acid groups (broad SMARTS) is 2. The number of aryl methyl sites for hydroxylation is 2. The lowest BCUT2D eigenvalue weighted by molar-refractivity contribution is -0.136. The van der Waals surface area contributed by atoms with E-state index in [2.05, 4.69) is 23.7 Å². The van der Waals surface area contributed by atoms with Crippen molar-refractivity contribution in [2.24, 2.45) is 5.92 Å². The van der Waals surface area contributed by atoms with E-state index in [1.54, 1.807) is 29.6 Å². The van der Waals surface area contributed by atoms with Gasteiger partial charge in [-0.2, -0.15) is 0 Å². The number of carbonyl (C=O) groups excluding carboxylic acids is 1. The van der Waals surface area contributed by atoms with E-state index in [1.165, 1.54) is 0 Å². The molecule has 1 saturated heterocycles. The van der Waals surface area contributed by atoms with Gasteiger partial charge in [0.05, 0.1) is 5.69 Å². The fourth-order valence-corrected chi connectivity index (χ4v) is 4.84. The summed E-state index contributed by atoms with van der Waals surface area (Å²) in [5.74, 6) is 1.42. The van der Waals surface area contributed by atoms with Crippen LogP contribution in [0.3, 0.4) is 0 Å². The second kappa shape index (κ2) is 12.1. The molecule has 11 heteroatoms. The highest BCUT2D eigenvalue weighted by Crippen LogP contribution is 2.42. The molecule has 1 amide bonds. The third-order valence-electron chi connectivity index (χ3n) is 6.16. The Labute approximate surface area is 198 Å². The molecule has 2 bridgehead atoms. The van der Waals surface area contributed by atoms with E-state index in [9.17, 15) is 9.59 Å². The maximum atomic E-state index is 13.0. The molecule has 2 aliphatic rings. The maximum Gasteiger partial charge on any atom is 0.290 e. The summed E-state index contributed by atoms with van der Waals surface area (Å²) in [6, 6.07) is 4.97. The average Bonchev–Trinajstić information content (AvgIpc) is 3.14. The van der Waals surface area contributed by atoms with E-state index < -0.39 is 6.04 Å². The normalized spacial score (nSPS) is 20.5. The molecule has 0 aliphatic carbocycles. The molecule has 3 N–H and O–H groups in total. The minimum absolute atomic E-state index is 0.00377. The zero-order valence-electron chi connectivity index (χ0n) is 20.0. The standard InChI is InChI=1S/C21H29N5O2.2CH2O2/c1-5-18-22-13(2)16(23-18)12-25-10-14-9-15(11-25)20(21(28)24(3)4)26-17(14)7-6-8-19(26)27;2*2-1-3/h6-8,14-15,20H,5,9-12H2,1-4H3,(H,22,23);2*1H,(H,2,3)/t14-,15+,20-;;/m1../s1. The molecule has 0 saturated carbocycles. The smallest absolute Gasteiger partial charge is 0.290 e. The number of aromatic nitrogens is 3. The van der Waals surface area contributed by atoms with Crippen molar-refractivity contribution >= 4 is 18.9 Å². The molecule has 2 aromatic heterocycles. The molecule has 4 heterocycles. The van der Waals surface area contributed by atoms with E-state index in [1.807, 2.05) is 12.1 Å². The third kappa shape index (κ3) is 5.90. The van der Waals surface area contributed by atoms with Crippen molar-refractivity contribution in [1.29, 1.82) is 0 Å². The Morgan fingerprint density at radius 1 is 1.24 bits per heavy atom. The average molecular weight is 476 g/mol. The number of likely N-dealkylation sites (tertiary alicyclic amines) is 1. The molecule has 1 fully saturated rings. The van der Waals surface area contributed by atoms with Crippen LogP contribution in [-0.2, 0) is 27.3 Å². The highest BCUT2D eigenvalue weighted by molar-refractivity contribution is 5.80. The van der Waals surface area contributed by atoms with Crippen LogP contribution in [0.5, 0.6) is 0 Å². The first-order valence-electron chi connectivity index (χ1n) is 11.1. The summed E-state index contributed by atoms with van der Waals surface area (Å²) >= 11 is 0. The number of likely N-dealkylation sites (N-methyl/N-ethyl adjacent to an activating group) is 1. The molecule has 186 valence electrons. The number of nitrogens with one attached hydrogen (secondary N) is 1. The van der Waals surface area contributed by atoms with Crippen molar-refractivity contribution in [3.05, 3.63) is 51.5 Å². The molecule has 2 aliphatic heterocycles. The van der Waals surface area contributed by atoms with Gasteiger partial charge in [0.2, 0.25) is 5.91 Å². The van der Waals surface area contributed by atoms with Crippen molar-refractivity contribution in [2.75, 3.05) is 27.2 Å². The van der Waals surface area contributed by atoms with Gasteiger partial charge in [-0.25, -0.2) is 4.98 Å². The van der Waals surface area contributed by atoms with E-state index in [0.29, 0.717) is 0 Å². The SMILES string of the molecule is CCc1nc(CN2C[C@H]3C[C@@H](C2)[C@H](C(=O)N(C)C)n2c3cccc2=O)c(C)[nH]1.O=CO.O=CO. The summed E-state index contributed by atoms with van der Waals surface area (Å²) in [5, 5.41) is 13.8. The van der Waals surface area contributed by atoms with Crippen LogP contribution in [0.25, 0.3) is 0 Å². The monoisotopic (exact) mass is 475 g/mol. The Hall–Kier alpha value is -3.47. The predicted octanol–water partition coefficient (Wildman–Crippen LogP) is 1.09. The number of hydrogen-bond acceptors (Lipinski definition) is 6. The lowest BCUT2D eigenvalue weighted by Gasteiger charge is -2.46. The van der Waals surface area contributed by atoms with Crippen molar-refractivity contribution in [3.63, 3.8) is 0 Å². The van der Waals surface area contributed by atoms with Gasteiger partial charge < -0.3 is 20.1 Å². The molecule has 3 atom stereocenters. The van der Waals surface area contributed by atoms with Crippen LogP contribution >= 0.6 is 0 Å². The van der Waals surface area contributed by atoms with Crippen LogP contribution in [0.15, 0.2) is 23.0 Å². The Bertz CT molecular complexity index is 1040. The van der Waals surface area contributed by atoms with Gasteiger partial charge in [0, 0.05) is 69.4 Å². The number of fused-ring (bicyclic) bond motifs is 4. The van der Waals surface area contributed by atoms with E-state index in [0.717, 1.165) is 55.4 Å². The van der Waals surface area contributed by atoms with Gasteiger partial charge in [-0.1, -0.05) is 13.0 Å². The fourth-order valence-electron chi connectivity index (χ4n) is 4.84. The number of nitrogens with zero attached hydrogens (tertiary/aromatic N) is 4. The van der Waals surface area contributed by atoms with Crippen LogP contribution in [0.2, 0.25) is 0 Å². The van der Waals surface area contributed by atoms with Crippen molar-refractivity contribution in [1.82, 2.24) is 24.3 Å². The minimum atomic E-state index is -0.427. The number of amides is 1. The fraction of sp³-hybridized carbons (Fsp3) is 0.522. The van der Waals surface area contributed by atoms with Crippen LogP contribution in [0, 0.1) is 12.8 Å². The lowest BCUT2D eigenvalue weighted by atomic mass is 9.78. The highest BCUT2D eigenvalue weighted by Gasteiger charge is 2.44. The topological polar surface area (TPSA) is 149 Å². The van der Waals surface area contributed by atoms with Crippen LogP contribution in [0.4, 0.5) is 0 Å². The molecule has 0 radical (unpaired) electrons. The molecule has 4 rings (SSSR count). The number of aromatic amines is 1. The van der Waals surface area contributed by atoms with Crippen LogP contribution in [0.1, 0.15) is 48.2 Å². The van der Waals surface area contributed by atoms with E-state index in [-0.39, 0.29) is 36.2 Å². The molecule has 0 unspecified atom stereocenters. The summed E-state index contributed by atoms with van der Waals surface area (Å²) in [6.07, 6.45) is 1.84. The first-order chi connectivity index (χ1) is 16.2. The molecule has 11 nitrogen and oxygen atoms in total. The Kier molecular flexibility index (Phi) is 9.55. The van der Waals surface area contributed by atoms with Crippen molar-refractivity contribution in [3.8, 4) is 0 Å². The summed E-state index contributed by atoms with van der Waals surface area (Å²) < 4.78 is 1.76. The third-order valence-corrected chi connectivity index (χ3v) is 6.16. The number of imidazole rings is 1. The predicted molar refractivity (Wildman–Crippen MR) is 125 cm³/mol. The zero-order valence-corrected chi connectivity index (χ0v) is 20.0. The zero-order chi connectivity index (χ0) is 25.4. The molecule has 34 heavy (non-hydrogen) atoms. The Morgan fingerprint density at radius 2 is 1.88 bits per heavy atom. The highest BCUT2D eigenvalue weighted by atomic mass is 16.3. The molecular formula is C23H33N5O6. The number of pyridine rings is 1. The Balaban J connectivity index is 0.000000618. The van der Waals surface area contributed by atoms with Crippen molar-refractivity contribution in [2.45, 2.75) is 45.2 Å². The maximum absolute atomic E-state index is 13.0. The Morgan fingerprint density at radius 3 is 2.44 bits per heavy atom. The number of carbonyl (C=O) groups is 3. The summed E-state index contributed by atoms with van der Waals surface area (Å²) in [4.78, 5) is 54.5. The second-order valence-electron chi connectivity index (χ2n) is 8.54.